The maximum Gasteiger partial charge on any atom is 0.410 e. The minimum atomic E-state index is -0.553. The number of hydrogen-bond donors (Lipinski definition) is 2. The van der Waals surface area contributed by atoms with Crippen molar-refractivity contribution in [3.8, 4) is 11.4 Å². The number of piperidine rings is 1. The van der Waals surface area contributed by atoms with Crippen LogP contribution in [0.5, 0.6) is 0 Å². The number of morpholine rings is 1. The summed E-state index contributed by atoms with van der Waals surface area (Å²) in [6, 6.07) is 4.62. The second-order valence-electron chi connectivity index (χ2n) is 12.2. The molecule has 12 heteroatoms. The van der Waals surface area contributed by atoms with Crippen LogP contribution in [0, 0.1) is 5.82 Å². The van der Waals surface area contributed by atoms with E-state index in [0.717, 1.165) is 36.5 Å². The number of carbonyl (C=O) groups excluding carboxylic acids is 2. The van der Waals surface area contributed by atoms with E-state index in [1.807, 2.05) is 20.8 Å². The number of aromatic nitrogens is 2. The first kappa shape index (κ1) is 30.0. The molecular formula is C30H42FN7O4. The van der Waals surface area contributed by atoms with Gasteiger partial charge in [-0.3, -0.25) is 4.90 Å². The third-order valence-corrected chi connectivity index (χ3v) is 7.87. The lowest BCUT2D eigenvalue weighted by Crippen LogP contribution is -2.47. The number of halogens is 1. The summed E-state index contributed by atoms with van der Waals surface area (Å²) in [4.78, 5) is 40.9. The van der Waals surface area contributed by atoms with Crippen molar-refractivity contribution in [2.75, 3.05) is 49.6 Å². The first-order chi connectivity index (χ1) is 20.0. The molecule has 2 N–H and O–H groups in total. The van der Waals surface area contributed by atoms with E-state index < -0.39 is 17.4 Å². The normalized spacial score (nSPS) is 19.9. The Kier molecular flexibility index (Phi) is 8.84. The zero-order valence-corrected chi connectivity index (χ0v) is 25.2. The van der Waals surface area contributed by atoms with Crippen molar-refractivity contribution in [1.82, 2.24) is 25.1 Å². The first-order valence-corrected chi connectivity index (χ1v) is 14.8. The Hall–Kier alpha value is -3.51. The molecule has 2 fully saturated rings. The van der Waals surface area contributed by atoms with Crippen LogP contribution in [0.15, 0.2) is 18.2 Å². The number of nitrogens with zero attached hydrogens (tertiary/aromatic N) is 5. The maximum atomic E-state index is 15.0. The van der Waals surface area contributed by atoms with Gasteiger partial charge in [0.05, 0.1) is 30.6 Å². The molecule has 0 spiro atoms. The Balaban J connectivity index is 1.37. The third-order valence-electron chi connectivity index (χ3n) is 7.87. The largest absolute Gasteiger partial charge is 0.444 e. The second-order valence-corrected chi connectivity index (χ2v) is 12.2. The summed E-state index contributed by atoms with van der Waals surface area (Å²) in [6.07, 6.45) is 1.44. The van der Waals surface area contributed by atoms with Crippen LogP contribution < -0.4 is 15.5 Å². The molecule has 11 nitrogen and oxygen atoms in total. The van der Waals surface area contributed by atoms with E-state index in [0.29, 0.717) is 63.4 Å². The van der Waals surface area contributed by atoms with Gasteiger partial charge in [0.2, 0.25) is 0 Å². The number of carbonyl (C=O) groups is 2. The predicted octanol–water partition coefficient (Wildman–Crippen LogP) is 4.36. The number of rotatable bonds is 5. The van der Waals surface area contributed by atoms with Crippen LogP contribution in [-0.2, 0) is 22.6 Å². The summed E-state index contributed by atoms with van der Waals surface area (Å²) in [5.41, 5.74) is 2.15. The molecule has 0 saturated carbocycles. The first-order valence-electron chi connectivity index (χ1n) is 14.8. The fraction of sp³-hybridized carbons (Fsp3) is 0.600. The topological polar surface area (TPSA) is 112 Å². The number of nitrogens with one attached hydrogen (secondary N) is 2. The number of urea groups is 1. The molecule has 2 aromatic rings. The summed E-state index contributed by atoms with van der Waals surface area (Å²) in [5.74, 6) is 0.763. The van der Waals surface area contributed by atoms with Crippen LogP contribution in [0.2, 0.25) is 0 Å². The lowest BCUT2D eigenvalue weighted by molar-refractivity contribution is 0.0139. The molecule has 42 heavy (non-hydrogen) atoms. The van der Waals surface area contributed by atoms with Gasteiger partial charge < -0.3 is 29.9 Å². The van der Waals surface area contributed by atoms with E-state index in [-0.39, 0.29) is 17.8 Å². The van der Waals surface area contributed by atoms with Crippen molar-refractivity contribution in [3.63, 3.8) is 0 Å². The Morgan fingerprint density at radius 2 is 1.90 bits per heavy atom. The maximum absolute atomic E-state index is 15.0. The predicted molar refractivity (Wildman–Crippen MR) is 158 cm³/mol. The van der Waals surface area contributed by atoms with Gasteiger partial charge in [-0.05, 0) is 65.7 Å². The van der Waals surface area contributed by atoms with Crippen molar-refractivity contribution in [2.45, 2.75) is 78.2 Å². The van der Waals surface area contributed by atoms with Gasteiger partial charge in [0, 0.05) is 56.4 Å². The van der Waals surface area contributed by atoms with Crippen molar-refractivity contribution < 1.29 is 23.5 Å². The van der Waals surface area contributed by atoms with Gasteiger partial charge in [0.25, 0.3) is 0 Å². The average molecular weight is 584 g/mol. The number of hydrogen-bond acceptors (Lipinski definition) is 8. The van der Waals surface area contributed by atoms with Crippen LogP contribution in [0.25, 0.3) is 11.4 Å². The van der Waals surface area contributed by atoms with E-state index >= 15 is 4.39 Å². The number of fused-ring (bicyclic) bond motifs is 1. The van der Waals surface area contributed by atoms with E-state index in [1.165, 1.54) is 12.1 Å². The van der Waals surface area contributed by atoms with Crippen LogP contribution in [0.4, 0.5) is 25.5 Å². The van der Waals surface area contributed by atoms with E-state index in [4.69, 9.17) is 19.4 Å². The highest BCUT2D eigenvalue weighted by molar-refractivity contribution is 5.89. The molecule has 5 rings (SSSR count). The summed E-state index contributed by atoms with van der Waals surface area (Å²) >= 11 is 0. The Bertz CT molecular complexity index is 1310. The van der Waals surface area contributed by atoms with Gasteiger partial charge in [-0.15, -0.1) is 0 Å². The molecule has 3 aliphatic heterocycles. The molecule has 0 bridgehead atoms. The number of likely N-dealkylation sites (tertiary alicyclic amines) is 1. The lowest BCUT2D eigenvalue weighted by atomic mass is 10.0. The molecule has 0 aliphatic carbocycles. The summed E-state index contributed by atoms with van der Waals surface area (Å²) in [6.45, 7) is 14.6. The van der Waals surface area contributed by atoms with Crippen molar-refractivity contribution in [3.05, 3.63) is 35.3 Å². The monoisotopic (exact) mass is 583 g/mol. The molecule has 3 aliphatic rings. The number of amides is 3. The number of ether oxygens (including phenoxy) is 2. The Morgan fingerprint density at radius 1 is 1.14 bits per heavy atom. The quantitative estimate of drug-likeness (QED) is 0.534. The highest BCUT2D eigenvalue weighted by Crippen LogP contribution is 2.36. The minimum Gasteiger partial charge on any atom is -0.444 e. The van der Waals surface area contributed by atoms with Crippen molar-refractivity contribution in [2.24, 2.45) is 0 Å². The van der Waals surface area contributed by atoms with Crippen LogP contribution in [0.1, 0.15) is 58.7 Å². The van der Waals surface area contributed by atoms with Gasteiger partial charge in [-0.25, -0.2) is 23.9 Å². The molecule has 3 amide bonds. The van der Waals surface area contributed by atoms with Gasteiger partial charge in [-0.1, -0.05) is 0 Å². The van der Waals surface area contributed by atoms with Crippen molar-refractivity contribution >= 4 is 23.6 Å². The molecule has 228 valence electrons. The number of anilines is 2. The van der Waals surface area contributed by atoms with Gasteiger partial charge >= 0.3 is 12.1 Å². The fourth-order valence-electron chi connectivity index (χ4n) is 5.75. The van der Waals surface area contributed by atoms with Crippen molar-refractivity contribution in [1.29, 1.82) is 0 Å². The fourth-order valence-corrected chi connectivity index (χ4v) is 5.75. The van der Waals surface area contributed by atoms with Gasteiger partial charge in [0.1, 0.15) is 17.2 Å². The summed E-state index contributed by atoms with van der Waals surface area (Å²) in [5, 5.41) is 5.14. The lowest BCUT2D eigenvalue weighted by Gasteiger charge is -2.37. The molecular weight excluding hydrogens is 541 g/mol. The molecule has 0 radical (unpaired) electrons. The summed E-state index contributed by atoms with van der Waals surface area (Å²) < 4.78 is 26.3. The Morgan fingerprint density at radius 3 is 2.57 bits per heavy atom. The number of benzene rings is 1. The zero-order valence-electron chi connectivity index (χ0n) is 25.2. The highest BCUT2D eigenvalue weighted by Gasteiger charge is 2.36. The molecule has 2 saturated heterocycles. The average Bonchev–Trinajstić information content (AvgIpc) is 3.38. The molecule has 1 aromatic heterocycles. The van der Waals surface area contributed by atoms with Gasteiger partial charge in [0.15, 0.2) is 5.82 Å². The molecule has 1 unspecified atom stereocenters. The van der Waals surface area contributed by atoms with E-state index in [2.05, 4.69) is 27.4 Å². The van der Waals surface area contributed by atoms with E-state index in [9.17, 15) is 9.59 Å². The van der Waals surface area contributed by atoms with Crippen LogP contribution >= 0.6 is 0 Å². The zero-order chi connectivity index (χ0) is 30.0. The van der Waals surface area contributed by atoms with Crippen LogP contribution in [0.3, 0.4) is 0 Å². The SMILES string of the molecule is CCNC(=O)Nc1ccc(-c2nc3c(c(N4CCOCC4C)n2)CN(C2CCN(C(=O)OC(C)(C)C)CC2)C3)cc1F. The smallest absolute Gasteiger partial charge is 0.410 e. The molecule has 1 atom stereocenters. The standard InChI is InChI=1S/C30H42FN7O4/c1-6-32-28(39)34-24-8-7-20(15-23(24)31)26-33-25-17-37(16-22(25)27(35-26)38-13-14-41-18-19(38)2)21-9-11-36(12-10-21)29(40)42-30(3,4)5/h7-8,15,19,21H,6,9-14,16-18H2,1-5H3,(H2,32,34,39). The van der Waals surface area contributed by atoms with E-state index in [1.54, 1.807) is 17.9 Å². The Labute approximate surface area is 246 Å². The molecule has 4 heterocycles. The highest BCUT2D eigenvalue weighted by atomic mass is 19.1. The van der Waals surface area contributed by atoms with Gasteiger partial charge in [-0.2, -0.15) is 0 Å². The molecule has 1 aromatic carbocycles. The van der Waals surface area contributed by atoms with Crippen LogP contribution in [-0.4, -0.2) is 89.0 Å². The summed E-state index contributed by atoms with van der Waals surface area (Å²) in [7, 11) is 0. The third kappa shape index (κ3) is 6.75. The minimum absolute atomic E-state index is 0.0942. The second kappa shape index (κ2) is 12.4.